The Hall–Kier alpha value is -6.66. The van der Waals surface area contributed by atoms with Crippen LogP contribution in [0.2, 0.25) is 0 Å². The Morgan fingerprint density at radius 3 is 0.680 bits per heavy atom. The van der Waals surface area contributed by atoms with Gasteiger partial charge in [0, 0.05) is 57.3 Å². The van der Waals surface area contributed by atoms with Crippen LogP contribution in [0.15, 0.2) is 176 Å². The van der Waals surface area contributed by atoms with Gasteiger partial charge in [-0.3, -0.25) is 0 Å². The standard InChI is InChI=1S/C44H28N6/c1-9-21-35-27(13-1)28-14-2-10-22-36(28)43(35)49-47-41-25-39(31-17-5-7-19-33(31)41)45-46-40-26-42(34-20-8-6-18-32(34)40)48-50-44-37-23-11-3-15-29(37)30-16-4-12-24-38(30)44/h1-24H,25-26H2/b45-39-,46-40+,47-41+,48-42-. The predicted molar refractivity (Wildman–Crippen MR) is 203 cm³/mol. The van der Waals surface area contributed by atoms with Crippen LogP contribution < -0.4 is 0 Å². The molecule has 4 aliphatic carbocycles. The van der Waals surface area contributed by atoms with Crippen molar-refractivity contribution in [2.24, 2.45) is 30.6 Å². The molecule has 6 heteroatoms. The van der Waals surface area contributed by atoms with E-state index in [1.54, 1.807) is 0 Å². The molecule has 6 aromatic rings. The van der Waals surface area contributed by atoms with Gasteiger partial charge in [0.15, 0.2) is 0 Å². The number of benzene rings is 6. The SMILES string of the molecule is c1ccc2c(c1)C(=N/N=C1/C/C(=N\N=C3\C/C(=N\N=C4c5ccccc5-c5ccccc54)c4ccccc43)c3ccccc31)c1ccccc1-2. The second-order valence-corrected chi connectivity index (χ2v) is 12.7. The van der Waals surface area contributed by atoms with Gasteiger partial charge in [0.2, 0.25) is 0 Å². The summed E-state index contributed by atoms with van der Waals surface area (Å²) in [5, 5.41) is 29.2. The van der Waals surface area contributed by atoms with Crippen molar-refractivity contribution >= 4 is 34.3 Å². The molecule has 0 amide bonds. The van der Waals surface area contributed by atoms with Crippen LogP contribution in [0.1, 0.15) is 57.3 Å². The summed E-state index contributed by atoms with van der Waals surface area (Å²) in [6.45, 7) is 0. The van der Waals surface area contributed by atoms with Gasteiger partial charge in [0.1, 0.15) is 11.4 Å². The molecule has 0 heterocycles. The monoisotopic (exact) mass is 640 g/mol. The van der Waals surface area contributed by atoms with Crippen molar-refractivity contribution in [3.8, 4) is 22.3 Å². The summed E-state index contributed by atoms with van der Waals surface area (Å²) < 4.78 is 0. The van der Waals surface area contributed by atoms with Crippen LogP contribution in [0.3, 0.4) is 0 Å². The fraction of sp³-hybridized carbons (Fsp3) is 0.0455. The van der Waals surface area contributed by atoms with Gasteiger partial charge in [-0.2, -0.15) is 20.4 Å². The Morgan fingerprint density at radius 2 is 0.420 bits per heavy atom. The molecule has 0 saturated carbocycles. The van der Waals surface area contributed by atoms with Gasteiger partial charge in [-0.1, -0.05) is 146 Å². The van der Waals surface area contributed by atoms with E-state index in [4.69, 9.17) is 30.6 Å². The second-order valence-electron chi connectivity index (χ2n) is 12.7. The molecule has 0 bridgehead atoms. The van der Waals surface area contributed by atoms with Crippen LogP contribution in [-0.2, 0) is 0 Å². The number of hydrogen-bond acceptors (Lipinski definition) is 6. The molecule has 234 valence electrons. The van der Waals surface area contributed by atoms with Crippen molar-refractivity contribution < 1.29 is 0 Å². The van der Waals surface area contributed by atoms with Crippen molar-refractivity contribution in [3.05, 3.63) is 190 Å². The van der Waals surface area contributed by atoms with Crippen molar-refractivity contribution in [1.29, 1.82) is 0 Å². The molecule has 50 heavy (non-hydrogen) atoms. The minimum atomic E-state index is 0.547. The average molecular weight is 641 g/mol. The summed E-state index contributed by atoms with van der Waals surface area (Å²) in [7, 11) is 0. The fourth-order valence-electron chi connectivity index (χ4n) is 7.57. The maximum atomic E-state index is 4.87. The van der Waals surface area contributed by atoms with E-state index < -0.39 is 0 Å². The lowest BCUT2D eigenvalue weighted by molar-refractivity contribution is 1.19. The second kappa shape index (κ2) is 11.5. The van der Waals surface area contributed by atoms with E-state index in [1.807, 2.05) is 24.3 Å². The average Bonchev–Trinajstić information content (AvgIpc) is 3.91. The summed E-state index contributed by atoms with van der Waals surface area (Å²) in [6, 6.07) is 50.1. The third-order valence-electron chi connectivity index (χ3n) is 9.91. The molecule has 0 aliphatic heterocycles. The summed E-state index contributed by atoms with van der Waals surface area (Å²) in [4.78, 5) is 0. The highest BCUT2D eigenvalue weighted by Crippen LogP contribution is 2.38. The topological polar surface area (TPSA) is 74.2 Å². The van der Waals surface area contributed by atoms with Crippen LogP contribution >= 0.6 is 0 Å². The number of hydrogen-bond donors (Lipinski definition) is 0. The molecule has 6 nitrogen and oxygen atoms in total. The molecular formula is C44H28N6. The van der Waals surface area contributed by atoms with Gasteiger partial charge in [-0.15, -0.1) is 10.2 Å². The summed E-state index contributed by atoms with van der Waals surface area (Å²) >= 11 is 0. The molecule has 0 radical (unpaired) electrons. The molecule has 0 atom stereocenters. The largest absolute Gasteiger partial charge is 0.154 e. The number of rotatable bonds is 3. The highest BCUT2D eigenvalue weighted by atomic mass is 15.2. The first-order valence-corrected chi connectivity index (χ1v) is 16.8. The zero-order chi connectivity index (χ0) is 33.0. The van der Waals surface area contributed by atoms with Crippen LogP contribution in [-0.4, -0.2) is 34.3 Å². The smallest absolute Gasteiger partial charge is 0.101 e. The van der Waals surface area contributed by atoms with Crippen LogP contribution in [0.5, 0.6) is 0 Å². The molecule has 0 fully saturated rings. The summed E-state index contributed by atoms with van der Waals surface area (Å²) in [5.41, 5.74) is 18.7. The van der Waals surface area contributed by atoms with Gasteiger partial charge >= 0.3 is 0 Å². The van der Waals surface area contributed by atoms with Crippen molar-refractivity contribution in [3.63, 3.8) is 0 Å². The van der Waals surface area contributed by atoms with Gasteiger partial charge in [0.05, 0.1) is 22.8 Å². The molecule has 0 aromatic heterocycles. The summed E-state index contributed by atoms with van der Waals surface area (Å²) in [5.74, 6) is 0. The zero-order valence-corrected chi connectivity index (χ0v) is 27.0. The Balaban J connectivity index is 0.995. The van der Waals surface area contributed by atoms with Crippen LogP contribution in [0.4, 0.5) is 0 Å². The quantitative estimate of drug-likeness (QED) is 0.173. The highest BCUT2D eigenvalue weighted by Gasteiger charge is 2.29. The van der Waals surface area contributed by atoms with Crippen LogP contribution in [0.25, 0.3) is 22.3 Å². The van der Waals surface area contributed by atoms with Gasteiger partial charge in [-0.25, -0.2) is 0 Å². The third kappa shape index (κ3) is 4.49. The first-order chi connectivity index (χ1) is 24.8. The van der Waals surface area contributed by atoms with Gasteiger partial charge in [0.25, 0.3) is 0 Å². The number of nitrogens with zero attached hydrogens (tertiary/aromatic N) is 6. The highest BCUT2D eigenvalue weighted by molar-refractivity contribution is 6.31. The van der Waals surface area contributed by atoms with Gasteiger partial charge < -0.3 is 0 Å². The molecule has 0 unspecified atom stereocenters. The number of fused-ring (bicyclic) bond motifs is 8. The first-order valence-electron chi connectivity index (χ1n) is 16.8. The minimum Gasteiger partial charge on any atom is -0.154 e. The molecular weight excluding hydrogens is 613 g/mol. The maximum Gasteiger partial charge on any atom is 0.101 e. The fourth-order valence-corrected chi connectivity index (χ4v) is 7.57. The van der Waals surface area contributed by atoms with E-state index in [0.717, 1.165) is 78.8 Å². The van der Waals surface area contributed by atoms with E-state index in [1.165, 1.54) is 22.3 Å². The molecule has 0 saturated heterocycles. The summed E-state index contributed by atoms with van der Waals surface area (Å²) in [6.07, 6.45) is 1.09. The Labute approximate surface area is 289 Å². The molecule has 0 spiro atoms. The molecule has 4 aliphatic rings. The van der Waals surface area contributed by atoms with E-state index in [9.17, 15) is 0 Å². The van der Waals surface area contributed by atoms with Crippen LogP contribution in [0, 0.1) is 0 Å². The van der Waals surface area contributed by atoms with E-state index >= 15 is 0 Å². The normalized spacial score (nSPS) is 17.9. The predicted octanol–water partition coefficient (Wildman–Crippen LogP) is 9.13. The van der Waals surface area contributed by atoms with Crippen molar-refractivity contribution in [2.45, 2.75) is 12.8 Å². The first kappa shape index (κ1) is 28.4. The maximum absolute atomic E-state index is 4.87. The lowest BCUT2D eigenvalue weighted by Crippen LogP contribution is -2.01. The lowest BCUT2D eigenvalue weighted by Gasteiger charge is -2.00. The lowest BCUT2D eigenvalue weighted by atomic mass is 10.1. The third-order valence-corrected chi connectivity index (χ3v) is 9.91. The Morgan fingerprint density at radius 1 is 0.220 bits per heavy atom. The Bertz CT molecular complexity index is 2320. The van der Waals surface area contributed by atoms with E-state index in [-0.39, 0.29) is 0 Å². The zero-order valence-electron chi connectivity index (χ0n) is 27.0. The van der Waals surface area contributed by atoms with Crippen molar-refractivity contribution in [1.82, 2.24) is 0 Å². The van der Waals surface area contributed by atoms with E-state index in [0.29, 0.717) is 12.8 Å². The molecule has 6 aromatic carbocycles. The van der Waals surface area contributed by atoms with E-state index in [2.05, 4.69) is 121 Å². The molecule has 10 rings (SSSR count). The minimum absolute atomic E-state index is 0.547. The molecule has 0 N–H and O–H groups in total. The van der Waals surface area contributed by atoms with Gasteiger partial charge in [-0.05, 0) is 22.3 Å². The Kier molecular flexibility index (Phi) is 6.52. The van der Waals surface area contributed by atoms with Crippen molar-refractivity contribution in [2.75, 3.05) is 0 Å².